The monoisotopic (exact) mass is 375 g/mol. The van der Waals surface area contributed by atoms with Gasteiger partial charge in [-0.25, -0.2) is 9.78 Å². The molecule has 1 N–H and O–H groups in total. The molecule has 144 valence electrons. The Morgan fingerprint density at radius 1 is 1.18 bits per heavy atom. The average molecular weight is 375 g/mol. The van der Waals surface area contributed by atoms with Crippen LogP contribution in [-0.4, -0.2) is 22.1 Å². The molecule has 2 heterocycles. The number of para-hydroxylation sites is 2. The maximum atomic E-state index is 12.9. The highest BCUT2D eigenvalue weighted by molar-refractivity contribution is 5.94. The van der Waals surface area contributed by atoms with Gasteiger partial charge in [0.2, 0.25) is 5.95 Å². The van der Waals surface area contributed by atoms with E-state index in [2.05, 4.69) is 48.0 Å². The van der Waals surface area contributed by atoms with Crippen LogP contribution in [0.1, 0.15) is 50.8 Å². The van der Waals surface area contributed by atoms with Crippen molar-refractivity contribution in [2.24, 2.45) is 0 Å². The van der Waals surface area contributed by atoms with Crippen molar-refractivity contribution in [2.75, 3.05) is 11.9 Å². The predicted octanol–water partition coefficient (Wildman–Crippen LogP) is 5.01. The number of allylic oxidation sites excluding steroid dienone is 1. The molecule has 1 aliphatic heterocycles. The molecule has 0 radical (unpaired) electrons. The highest BCUT2D eigenvalue weighted by Crippen LogP contribution is 2.39. The van der Waals surface area contributed by atoms with E-state index in [9.17, 15) is 4.79 Å². The minimum absolute atomic E-state index is 0.288. The molecule has 4 rings (SSSR count). The lowest BCUT2D eigenvalue weighted by atomic mass is 9.93. The number of carbonyl (C=O) groups is 1. The van der Waals surface area contributed by atoms with Gasteiger partial charge >= 0.3 is 5.97 Å². The number of rotatable bonds is 4. The van der Waals surface area contributed by atoms with Crippen molar-refractivity contribution >= 4 is 23.0 Å². The minimum Gasteiger partial charge on any atom is -0.463 e. The lowest BCUT2D eigenvalue weighted by molar-refractivity contribution is -0.139. The lowest BCUT2D eigenvalue weighted by Crippen LogP contribution is -2.29. The van der Waals surface area contributed by atoms with Crippen molar-refractivity contribution < 1.29 is 9.53 Å². The van der Waals surface area contributed by atoms with Crippen molar-refractivity contribution in [1.29, 1.82) is 0 Å². The van der Waals surface area contributed by atoms with E-state index in [0.29, 0.717) is 18.1 Å². The summed E-state index contributed by atoms with van der Waals surface area (Å²) in [4.78, 5) is 17.6. The molecule has 1 aromatic heterocycles. The van der Waals surface area contributed by atoms with Crippen molar-refractivity contribution in [3.8, 4) is 0 Å². The van der Waals surface area contributed by atoms with Crippen LogP contribution in [0.2, 0.25) is 0 Å². The number of aromatic nitrogens is 2. The zero-order chi connectivity index (χ0) is 19.8. The molecule has 0 saturated carbocycles. The van der Waals surface area contributed by atoms with E-state index in [0.717, 1.165) is 28.2 Å². The Morgan fingerprint density at radius 2 is 1.89 bits per heavy atom. The molecule has 0 amide bonds. The van der Waals surface area contributed by atoms with Gasteiger partial charge in [-0.15, -0.1) is 0 Å². The molecule has 5 heteroatoms. The average Bonchev–Trinajstić information content (AvgIpc) is 3.05. The third-order valence-electron chi connectivity index (χ3n) is 5.24. The first-order valence-corrected chi connectivity index (χ1v) is 9.73. The van der Waals surface area contributed by atoms with Crippen LogP contribution in [0.5, 0.6) is 0 Å². The lowest BCUT2D eigenvalue weighted by Gasteiger charge is -2.30. The SMILES string of the molecule is CCOC(=O)C1=C(C)Nc2nc3ccccc3n2[C@@H]1c1ccc(C(C)C)cc1. The smallest absolute Gasteiger partial charge is 0.338 e. The van der Waals surface area contributed by atoms with Gasteiger partial charge in [0.15, 0.2) is 0 Å². The minimum atomic E-state index is -0.297. The summed E-state index contributed by atoms with van der Waals surface area (Å²) in [6, 6.07) is 16.2. The Kier molecular flexibility index (Phi) is 4.67. The highest BCUT2D eigenvalue weighted by Gasteiger charge is 2.34. The van der Waals surface area contributed by atoms with E-state index in [4.69, 9.17) is 9.72 Å². The maximum Gasteiger partial charge on any atom is 0.338 e. The summed E-state index contributed by atoms with van der Waals surface area (Å²) >= 11 is 0. The van der Waals surface area contributed by atoms with E-state index in [1.54, 1.807) is 0 Å². The number of carbonyl (C=O) groups excluding carboxylic acids is 1. The normalized spacial score (nSPS) is 16.2. The molecule has 2 aromatic carbocycles. The van der Waals surface area contributed by atoms with Gasteiger partial charge in [-0.3, -0.25) is 4.57 Å². The van der Waals surface area contributed by atoms with E-state index in [1.807, 2.05) is 38.1 Å². The van der Waals surface area contributed by atoms with Crippen LogP contribution in [0.3, 0.4) is 0 Å². The summed E-state index contributed by atoms with van der Waals surface area (Å²) in [5, 5.41) is 3.30. The summed E-state index contributed by atoms with van der Waals surface area (Å²) in [5.41, 5.74) is 5.59. The van der Waals surface area contributed by atoms with Gasteiger partial charge in [-0.05, 0) is 43.0 Å². The number of hydrogen-bond acceptors (Lipinski definition) is 4. The number of nitrogens with zero attached hydrogens (tertiary/aromatic N) is 2. The number of nitrogens with one attached hydrogen (secondary N) is 1. The molecule has 1 aliphatic rings. The van der Waals surface area contributed by atoms with Crippen molar-refractivity contribution in [3.05, 3.63) is 70.9 Å². The molecule has 1 atom stereocenters. The number of fused-ring (bicyclic) bond motifs is 3. The summed E-state index contributed by atoms with van der Waals surface area (Å²) in [6.45, 7) is 8.43. The first-order valence-electron chi connectivity index (χ1n) is 9.73. The van der Waals surface area contributed by atoms with Gasteiger partial charge in [-0.1, -0.05) is 50.2 Å². The topological polar surface area (TPSA) is 56.1 Å². The number of hydrogen-bond donors (Lipinski definition) is 1. The van der Waals surface area contributed by atoms with Crippen molar-refractivity contribution in [3.63, 3.8) is 0 Å². The molecule has 0 unspecified atom stereocenters. The van der Waals surface area contributed by atoms with Gasteiger partial charge < -0.3 is 10.1 Å². The summed E-state index contributed by atoms with van der Waals surface area (Å²) in [7, 11) is 0. The molecule has 3 aromatic rings. The zero-order valence-electron chi connectivity index (χ0n) is 16.7. The second kappa shape index (κ2) is 7.15. The zero-order valence-corrected chi connectivity index (χ0v) is 16.7. The van der Waals surface area contributed by atoms with Crippen molar-refractivity contribution in [1.82, 2.24) is 9.55 Å². The number of anilines is 1. The fourth-order valence-electron chi connectivity index (χ4n) is 3.82. The van der Waals surface area contributed by atoms with E-state index in [1.165, 1.54) is 5.56 Å². The molecular formula is C23H25N3O2. The van der Waals surface area contributed by atoms with Crippen LogP contribution in [0, 0.1) is 0 Å². The van der Waals surface area contributed by atoms with Gasteiger partial charge in [0.25, 0.3) is 0 Å². The number of ether oxygens (including phenoxy) is 1. The van der Waals surface area contributed by atoms with Crippen LogP contribution in [-0.2, 0) is 9.53 Å². The van der Waals surface area contributed by atoms with Crippen LogP contribution < -0.4 is 5.32 Å². The van der Waals surface area contributed by atoms with E-state index in [-0.39, 0.29) is 12.0 Å². The molecule has 0 fully saturated rings. The van der Waals surface area contributed by atoms with Gasteiger partial charge in [0.1, 0.15) is 0 Å². The first-order chi connectivity index (χ1) is 13.5. The summed E-state index contributed by atoms with van der Waals surface area (Å²) in [6.07, 6.45) is 0. The largest absolute Gasteiger partial charge is 0.463 e. The third kappa shape index (κ3) is 2.97. The highest BCUT2D eigenvalue weighted by atomic mass is 16.5. The molecule has 0 aliphatic carbocycles. The Balaban J connectivity index is 1.93. The number of benzene rings is 2. The van der Waals surface area contributed by atoms with Crippen LogP contribution >= 0.6 is 0 Å². The maximum absolute atomic E-state index is 12.9. The first kappa shape index (κ1) is 18.3. The second-order valence-electron chi connectivity index (χ2n) is 7.40. The fraction of sp³-hybridized carbons (Fsp3) is 0.304. The number of imidazole rings is 1. The molecule has 0 spiro atoms. The Labute approximate surface area is 165 Å². The quantitative estimate of drug-likeness (QED) is 0.651. The van der Waals surface area contributed by atoms with Gasteiger partial charge in [-0.2, -0.15) is 0 Å². The Morgan fingerprint density at radius 3 is 2.57 bits per heavy atom. The molecule has 5 nitrogen and oxygen atoms in total. The molecule has 0 saturated heterocycles. The second-order valence-corrected chi connectivity index (χ2v) is 7.40. The molecular weight excluding hydrogens is 350 g/mol. The summed E-state index contributed by atoms with van der Waals surface area (Å²) in [5.74, 6) is 0.895. The standard InChI is InChI=1S/C23H25N3O2/c1-5-28-22(27)20-15(4)24-23-25-18-8-6-7-9-19(18)26(23)21(20)17-12-10-16(11-13-17)14(2)3/h6-14,21H,5H2,1-4H3,(H,24,25)/t21-/m1/s1. The van der Waals surface area contributed by atoms with E-state index >= 15 is 0 Å². The van der Waals surface area contributed by atoms with Gasteiger partial charge in [0.05, 0.1) is 29.3 Å². The Bertz CT molecular complexity index is 1060. The van der Waals surface area contributed by atoms with Crippen LogP contribution in [0.4, 0.5) is 5.95 Å². The third-order valence-corrected chi connectivity index (χ3v) is 5.24. The molecule has 28 heavy (non-hydrogen) atoms. The predicted molar refractivity (Wildman–Crippen MR) is 111 cm³/mol. The van der Waals surface area contributed by atoms with Crippen LogP contribution in [0.25, 0.3) is 11.0 Å². The fourth-order valence-corrected chi connectivity index (χ4v) is 3.82. The van der Waals surface area contributed by atoms with Crippen LogP contribution in [0.15, 0.2) is 59.8 Å². The van der Waals surface area contributed by atoms with Crippen molar-refractivity contribution in [2.45, 2.75) is 39.7 Å². The van der Waals surface area contributed by atoms with Gasteiger partial charge in [0, 0.05) is 5.70 Å². The van der Waals surface area contributed by atoms with E-state index < -0.39 is 0 Å². The molecule has 0 bridgehead atoms. The Hall–Kier alpha value is -3.08. The summed E-state index contributed by atoms with van der Waals surface area (Å²) < 4.78 is 7.49. The number of esters is 1.